The van der Waals surface area contributed by atoms with Gasteiger partial charge in [0.05, 0.1) is 0 Å². The average Bonchev–Trinajstić information content (AvgIpc) is 2.36. The molecule has 0 bridgehead atoms. The highest BCUT2D eigenvalue weighted by Gasteiger charge is 2.08. The number of rotatable bonds is 4. The fourth-order valence-electron chi connectivity index (χ4n) is 1.83. The van der Waals surface area contributed by atoms with Crippen LogP contribution in [0.2, 0.25) is 10.0 Å². The van der Waals surface area contributed by atoms with E-state index in [1.54, 1.807) is 12.1 Å². The molecule has 0 saturated heterocycles. The molecule has 100 valence electrons. The highest BCUT2D eigenvalue weighted by molar-refractivity contribution is 6.31. The van der Waals surface area contributed by atoms with Crippen LogP contribution < -0.4 is 10.5 Å². The van der Waals surface area contributed by atoms with Crippen molar-refractivity contribution in [2.45, 2.75) is 13.3 Å². The lowest BCUT2D eigenvalue weighted by atomic mass is 10.1. The number of ether oxygens (including phenoxy) is 1. The molecule has 0 aliphatic heterocycles. The Morgan fingerprint density at radius 3 is 2.37 bits per heavy atom. The normalized spacial score (nSPS) is 10.5. The molecule has 0 spiro atoms. The zero-order chi connectivity index (χ0) is 13.8. The molecule has 2 rings (SSSR count). The van der Waals surface area contributed by atoms with Crippen molar-refractivity contribution in [3.63, 3.8) is 0 Å². The third-order valence-corrected chi connectivity index (χ3v) is 3.27. The Labute approximate surface area is 123 Å². The van der Waals surface area contributed by atoms with Gasteiger partial charge in [0, 0.05) is 10.0 Å². The molecule has 0 aliphatic rings. The lowest BCUT2D eigenvalue weighted by molar-refractivity contribution is 0.472. The molecule has 2 aromatic rings. The van der Waals surface area contributed by atoms with E-state index in [4.69, 9.17) is 33.7 Å². The van der Waals surface area contributed by atoms with Crippen LogP contribution in [0, 0.1) is 6.92 Å². The minimum absolute atomic E-state index is 0.567. The highest BCUT2D eigenvalue weighted by Crippen LogP contribution is 2.31. The molecule has 0 atom stereocenters. The first-order valence-corrected chi connectivity index (χ1v) is 6.78. The third kappa shape index (κ3) is 3.63. The van der Waals surface area contributed by atoms with E-state index in [-0.39, 0.29) is 0 Å². The van der Waals surface area contributed by atoms with Gasteiger partial charge >= 0.3 is 0 Å². The van der Waals surface area contributed by atoms with Crippen LogP contribution in [0.3, 0.4) is 0 Å². The van der Waals surface area contributed by atoms with E-state index in [0.29, 0.717) is 16.6 Å². The van der Waals surface area contributed by atoms with Gasteiger partial charge in [-0.2, -0.15) is 0 Å². The Kier molecular flexibility index (Phi) is 4.70. The Bertz CT molecular complexity index is 584. The van der Waals surface area contributed by atoms with Gasteiger partial charge in [0.1, 0.15) is 11.5 Å². The summed E-state index contributed by atoms with van der Waals surface area (Å²) in [6, 6.07) is 11.1. The van der Waals surface area contributed by atoms with Gasteiger partial charge in [0.2, 0.25) is 0 Å². The molecule has 4 heteroatoms. The third-order valence-electron chi connectivity index (χ3n) is 2.80. The fraction of sp³-hybridized carbons (Fsp3) is 0.200. The largest absolute Gasteiger partial charge is 0.457 e. The second-order valence-corrected chi connectivity index (χ2v) is 5.18. The van der Waals surface area contributed by atoms with Crippen molar-refractivity contribution < 1.29 is 4.74 Å². The van der Waals surface area contributed by atoms with Crippen molar-refractivity contribution in [3.8, 4) is 11.5 Å². The van der Waals surface area contributed by atoms with E-state index in [9.17, 15) is 0 Å². The molecule has 0 aromatic heterocycles. The van der Waals surface area contributed by atoms with Crippen LogP contribution in [0.4, 0.5) is 0 Å². The average molecular weight is 296 g/mol. The van der Waals surface area contributed by atoms with E-state index in [1.165, 1.54) is 0 Å². The standard InChI is InChI=1S/C15H15Cl2NO/c1-10-8-12(16)4-5-14(10)19-15-9-13(17)3-2-11(15)6-7-18/h2-5,8-9H,6-7,18H2,1H3. The van der Waals surface area contributed by atoms with Gasteiger partial charge in [0.25, 0.3) is 0 Å². The van der Waals surface area contributed by atoms with E-state index in [0.717, 1.165) is 29.0 Å². The second kappa shape index (κ2) is 6.29. The SMILES string of the molecule is Cc1cc(Cl)ccc1Oc1cc(Cl)ccc1CCN. The van der Waals surface area contributed by atoms with Crippen molar-refractivity contribution in [1.82, 2.24) is 0 Å². The topological polar surface area (TPSA) is 35.2 Å². The summed E-state index contributed by atoms with van der Waals surface area (Å²) < 4.78 is 5.93. The Balaban J connectivity index is 2.33. The van der Waals surface area contributed by atoms with Crippen LogP contribution in [-0.4, -0.2) is 6.54 Å². The van der Waals surface area contributed by atoms with E-state index in [2.05, 4.69) is 0 Å². The smallest absolute Gasteiger partial charge is 0.132 e. The Hall–Kier alpha value is -1.22. The van der Waals surface area contributed by atoms with Gasteiger partial charge in [-0.15, -0.1) is 0 Å². The Morgan fingerprint density at radius 1 is 1.00 bits per heavy atom. The number of benzene rings is 2. The van der Waals surface area contributed by atoms with Crippen LogP contribution in [-0.2, 0) is 6.42 Å². The maximum Gasteiger partial charge on any atom is 0.132 e. The molecular weight excluding hydrogens is 281 g/mol. The van der Waals surface area contributed by atoms with E-state index in [1.807, 2.05) is 31.2 Å². The fourth-order valence-corrected chi connectivity index (χ4v) is 2.22. The molecule has 0 unspecified atom stereocenters. The minimum Gasteiger partial charge on any atom is -0.457 e. The molecule has 0 saturated carbocycles. The van der Waals surface area contributed by atoms with Gasteiger partial charge in [-0.1, -0.05) is 29.3 Å². The van der Waals surface area contributed by atoms with Crippen LogP contribution in [0.25, 0.3) is 0 Å². The summed E-state index contributed by atoms with van der Waals surface area (Å²) in [7, 11) is 0. The monoisotopic (exact) mass is 295 g/mol. The molecule has 2 nitrogen and oxygen atoms in total. The summed E-state index contributed by atoms with van der Waals surface area (Å²) in [6.45, 7) is 2.52. The quantitative estimate of drug-likeness (QED) is 0.895. The maximum absolute atomic E-state index is 6.02. The number of nitrogens with two attached hydrogens (primary N) is 1. The lowest BCUT2D eigenvalue weighted by Crippen LogP contribution is -2.04. The van der Waals surface area contributed by atoms with Gasteiger partial charge in [-0.3, -0.25) is 0 Å². The van der Waals surface area contributed by atoms with Gasteiger partial charge in [-0.05, 0) is 61.3 Å². The predicted molar refractivity (Wildman–Crippen MR) is 80.5 cm³/mol. The molecule has 2 N–H and O–H groups in total. The van der Waals surface area contributed by atoms with E-state index >= 15 is 0 Å². The first-order chi connectivity index (χ1) is 9.10. The minimum atomic E-state index is 0.567. The number of aryl methyl sites for hydroxylation is 1. The first-order valence-electron chi connectivity index (χ1n) is 6.02. The zero-order valence-corrected chi connectivity index (χ0v) is 12.1. The first kappa shape index (κ1) is 14.2. The predicted octanol–water partition coefficient (Wildman–Crippen LogP) is 4.60. The summed E-state index contributed by atoms with van der Waals surface area (Å²) in [6.07, 6.45) is 0.749. The summed E-state index contributed by atoms with van der Waals surface area (Å²) in [5.41, 5.74) is 7.63. The van der Waals surface area contributed by atoms with Crippen LogP contribution in [0.15, 0.2) is 36.4 Å². The highest BCUT2D eigenvalue weighted by atomic mass is 35.5. The maximum atomic E-state index is 6.02. The van der Waals surface area contributed by atoms with Crippen molar-refractivity contribution in [2.24, 2.45) is 5.73 Å². The molecule has 0 heterocycles. The Morgan fingerprint density at radius 2 is 1.68 bits per heavy atom. The second-order valence-electron chi connectivity index (χ2n) is 4.30. The molecule has 2 aromatic carbocycles. The van der Waals surface area contributed by atoms with Crippen molar-refractivity contribution in [1.29, 1.82) is 0 Å². The van der Waals surface area contributed by atoms with Crippen LogP contribution in [0.5, 0.6) is 11.5 Å². The summed E-state index contributed by atoms with van der Waals surface area (Å²) in [5.74, 6) is 1.51. The summed E-state index contributed by atoms with van der Waals surface area (Å²) >= 11 is 11.9. The zero-order valence-electron chi connectivity index (χ0n) is 10.6. The molecular formula is C15H15Cl2NO. The lowest BCUT2D eigenvalue weighted by Gasteiger charge is -2.13. The van der Waals surface area contributed by atoms with Crippen molar-refractivity contribution in [3.05, 3.63) is 57.6 Å². The number of hydrogen-bond donors (Lipinski definition) is 1. The molecule has 0 radical (unpaired) electrons. The van der Waals surface area contributed by atoms with Gasteiger partial charge in [0.15, 0.2) is 0 Å². The van der Waals surface area contributed by atoms with Crippen LogP contribution in [0.1, 0.15) is 11.1 Å². The van der Waals surface area contributed by atoms with Crippen molar-refractivity contribution in [2.75, 3.05) is 6.54 Å². The molecule has 0 amide bonds. The van der Waals surface area contributed by atoms with Crippen molar-refractivity contribution >= 4 is 23.2 Å². The molecule has 0 aliphatic carbocycles. The van der Waals surface area contributed by atoms with Gasteiger partial charge in [-0.25, -0.2) is 0 Å². The van der Waals surface area contributed by atoms with Crippen LogP contribution >= 0.6 is 23.2 Å². The molecule has 19 heavy (non-hydrogen) atoms. The van der Waals surface area contributed by atoms with Gasteiger partial charge < -0.3 is 10.5 Å². The van der Waals surface area contributed by atoms with E-state index < -0.39 is 0 Å². The number of hydrogen-bond acceptors (Lipinski definition) is 2. The summed E-state index contributed by atoms with van der Waals surface area (Å²) in [4.78, 5) is 0. The molecule has 0 fully saturated rings. The number of halogens is 2. The summed E-state index contributed by atoms with van der Waals surface area (Å²) in [5, 5.41) is 1.33.